The van der Waals surface area contributed by atoms with Crippen molar-refractivity contribution < 1.29 is 4.79 Å². The molecule has 0 radical (unpaired) electrons. The Bertz CT molecular complexity index is 1350. The number of nitrogens with zero attached hydrogens (tertiary/aromatic N) is 5. The van der Waals surface area contributed by atoms with Crippen LogP contribution in [0.5, 0.6) is 0 Å². The van der Waals surface area contributed by atoms with Gasteiger partial charge in [0.2, 0.25) is 0 Å². The van der Waals surface area contributed by atoms with Crippen molar-refractivity contribution >= 4 is 11.6 Å². The lowest BCUT2D eigenvalue weighted by Gasteiger charge is -2.32. The second-order valence-electron chi connectivity index (χ2n) is 9.65. The average molecular weight is 493 g/mol. The van der Waals surface area contributed by atoms with Gasteiger partial charge in [0.1, 0.15) is 5.82 Å². The highest BCUT2D eigenvalue weighted by Gasteiger charge is 2.14. The summed E-state index contributed by atoms with van der Waals surface area (Å²) in [5.74, 6) is 0.642. The summed E-state index contributed by atoms with van der Waals surface area (Å²) < 4.78 is 0. The molecule has 0 atom stereocenters. The number of likely N-dealkylation sites (N-methyl/N-ethyl adjacent to an activating group) is 1. The van der Waals surface area contributed by atoms with Crippen LogP contribution in [0.4, 0.5) is 5.69 Å². The fourth-order valence-corrected chi connectivity index (χ4v) is 4.53. The van der Waals surface area contributed by atoms with Gasteiger partial charge in [-0.3, -0.25) is 14.7 Å². The monoisotopic (exact) mass is 492 g/mol. The zero-order valence-corrected chi connectivity index (χ0v) is 21.4. The lowest BCUT2D eigenvalue weighted by molar-refractivity contribution is 0.102. The predicted octanol–water partition coefficient (Wildman–Crippen LogP) is 4.44. The summed E-state index contributed by atoms with van der Waals surface area (Å²) in [5, 5.41) is 3.03. The molecule has 1 aliphatic rings. The van der Waals surface area contributed by atoms with Crippen LogP contribution < -0.4 is 5.32 Å². The molecule has 1 fully saturated rings. The Labute approximate surface area is 218 Å². The van der Waals surface area contributed by atoms with Crippen LogP contribution in [0, 0.1) is 6.92 Å². The van der Waals surface area contributed by atoms with Crippen molar-refractivity contribution in [2.24, 2.45) is 0 Å². The van der Waals surface area contributed by atoms with Crippen LogP contribution >= 0.6 is 0 Å². The molecule has 0 bridgehead atoms. The van der Waals surface area contributed by atoms with Crippen LogP contribution in [0.2, 0.25) is 0 Å². The molecule has 7 nitrogen and oxygen atoms in total. The highest BCUT2D eigenvalue weighted by Crippen LogP contribution is 2.20. The maximum atomic E-state index is 12.9. The normalized spacial score (nSPS) is 14.4. The number of anilines is 1. The standard InChI is InChI=1S/C30H32N6O/c1-22-18-27(10-9-25(22)19-29-32-13-11-28(34-29)26-4-3-12-31-20-26)33-30(37)24-7-5-23(6-8-24)21-36-16-14-35(2)15-17-36/h3-13,18,20H,14-17,19,21H2,1-2H3,(H,33,37). The number of carbonyl (C=O) groups is 1. The summed E-state index contributed by atoms with van der Waals surface area (Å²) in [7, 11) is 2.16. The van der Waals surface area contributed by atoms with Crippen molar-refractivity contribution in [2.75, 3.05) is 38.5 Å². The van der Waals surface area contributed by atoms with Crippen LogP contribution in [0.25, 0.3) is 11.3 Å². The van der Waals surface area contributed by atoms with Crippen LogP contribution in [0.3, 0.4) is 0 Å². The van der Waals surface area contributed by atoms with Crippen molar-refractivity contribution in [2.45, 2.75) is 19.9 Å². The van der Waals surface area contributed by atoms with E-state index in [1.807, 2.05) is 55.5 Å². The Morgan fingerprint density at radius 2 is 1.78 bits per heavy atom. The molecule has 1 saturated heterocycles. The minimum absolute atomic E-state index is 0.106. The van der Waals surface area contributed by atoms with Gasteiger partial charge in [0.05, 0.1) is 5.69 Å². The molecule has 7 heteroatoms. The molecule has 0 spiro atoms. The maximum absolute atomic E-state index is 12.9. The first-order valence-corrected chi connectivity index (χ1v) is 12.7. The van der Waals surface area contributed by atoms with Crippen molar-refractivity contribution in [3.63, 3.8) is 0 Å². The van der Waals surface area contributed by atoms with Crippen LogP contribution in [0.15, 0.2) is 79.3 Å². The van der Waals surface area contributed by atoms with Gasteiger partial charge >= 0.3 is 0 Å². The fourth-order valence-electron chi connectivity index (χ4n) is 4.53. The van der Waals surface area contributed by atoms with Gasteiger partial charge in [-0.2, -0.15) is 0 Å². The lowest BCUT2D eigenvalue weighted by atomic mass is 10.0. The fraction of sp³-hybridized carbons (Fsp3) is 0.267. The van der Waals surface area contributed by atoms with Crippen molar-refractivity contribution in [3.05, 3.63) is 107 Å². The Kier molecular flexibility index (Phi) is 7.63. The number of aryl methyl sites for hydroxylation is 1. The van der Waals surface area contributed by atoms with E-state index >= 15 is 0 Å². The smallest absolute Gasteiger partial charge is 0.255 e. The number of piperazine rings is 1. The summed E-state index contributed by atoms with van der Waals surface area (Å²) in [4.78, 5) is 31.0. The van der Waals surface area contributed by atoms with Gasteiger partial charge in [-0.25, -0.2) is 9.97 Å². The summed E-state index contributed by atoms with van der Waals surface area (Å²) in [6, 6.07) is 19.7. The van der Waals surface area contributed by atoms with Crippen molar-refractivity contribution in [1.82, 2.24) is 24.8 Å². The molecule has 1 N–H and O–H groups in total. The highest BCUT2D eigenvalue weighted by molar-refractivity contribution is 6.04. The van der Waals surface area contributed by atoms with Crippen LogP contribution in [0.1, 0.15) is 32.9 Å². The van der Waals surface area contributed by atoms with Gasteiger partial charge in [0.15, 0.2) is 0 Å². The summed E-state index contributed by atoms with van der Waals surface area (Å²) >= 11 is 0. The average Bonchev–Trinajstić information content (AvgIpc) is 2.92. The molecule has 4 aromatic rings. The first-order valence-electron chi connectivity index (χ1n) is 12.7. The van der Waals surface area contributed by atoms with E-state index in [-0.39, 0.29) is 5.91 Å². The Morgan fingerprint density at radius 3 is 2.51 bits per heavy atom. The predicted molar refractivity (Wildman–Crippen MR) is 146 cm³/mol. The molecule has 3 heterocycles. The molecule has 0 unspecified atom stereocenters. The molecule has 0 aliphatic carbocycles. The number of benzene rings is 2. The van der Waals surface area contributed by atoms with Crippen molar-refractivity contribution in [3.8, 4) is 11.3 Å². The SMILES string of the molecule is Cc1cc(NC(=O)c2ccc(CN3CCN(C)CC3)cc2)ccc1Cc1nccc(-c2cccnc2)n1. The number of nitrogens with one attached hydrogen (secondary N) is 1. The first kappa shape index (κ1) is 24.7. The van der Waals surface area contributed by atoms with Gasteiger partial charge in [-0.1, -0.05) is 18.2 Å². The van der Waals surface area contributed by atoms with Gasteiger partial charge < -0.3 is 10.2 Å². The number of hydrogen-bond acceptors (Lipinski definition) is 6. The molecule has 0 saturated carbocycles. The third-order valence-corrected chi connectivity index (χ3v) is 6.83. The van der Waals surface area contributed by atoms with E-state index in [1.54, 1.807) is 18.6 Å². The number of carbonyl (C=O) groups excluding carboxylic acids is 1. The number of pyridine rings is 1. The molecule has 1 amide bonds. The van der Waals surface area contributed by atoms with E-state index in [0.717, 1.165) is 66.6 Å². The third kappa shape index (κ3) is 6.44. The number of aromatic nitrogens is 3. The summed E-state index contributed by atoms with van der Waals surface area (Å²) in [5.41, 5.74) is 6.69. The van der Waals surface area contributed by atoms with E-state index < -0.39 is 0 Å². The van der Waals surface area contributed by atoms with E-state index in [1.165, 1.54) is 5.56 Å². The molecule has 5 rings (SSSR count). The Hall–Kier alpha value is -3.94. The van der Waals surface area contributed by atoms with Gasteiger partial charge in [0.25, 0.3) is 5.91 Å². The quantitative estimate of drug-likeness (QED) is 0.411. The third-order valence-electron chi connectivity index (χ3n) is 6.83. The molecule has 37 heavy (non-hydrogen) atoms. The first-order chi connectivity index (χ1) is 18.0. The van der Waals surface area contributed by atoms with E-state index in [4.69, 9.17) is 4.98 Å². The highest BCUT2D eigenvalue weighted by atomic mass is 16.1. The minimum Gasteiger partial charge on any atom is -0.322 e. The largest absolute Gasteiger partial charge is 0.322 e. The summed E-state index contributed by atoms with van der Waals surface area (Å²) in [6.07, 6.45) is 5.95. The van der Waals surface area contributed by atoms with Gasteiger partial charge in [-0.15, -0.1) is 0 Å². The second-order valence-corrected chi connectivity index (χ2v) is 9.65. The zero-order chi connectivity index (χ0) is 25.6. The van der Waals surface area contributed by atoms with Gasteiger partial charge in [-0.05, 0) is 73.1 Å². The number of rotatable bonds is 7. The molecule has 2 aromatic heterocycles. The van der Waals surface area contributed by atoms with Crippen LogP contribution in [-0.2, 0) is 13.0 Å². The molecular formula is C30H32N6O. The molecule has 188 valence electrons. The van der Waals surface area contributed by atoms with E-state index in [2.05, 4.69) is 44.3 Å². The molecule has 2 aromatic carbocycles. The summed E-state index contributed by atoms with van der Waals surface area (Å²) in [6.45, 7) is 7.33. The molecule has 1 aliphatic heterocycles. The van der Waals surface area contributed by atoms with E-state index in [9.17, 15) is 4.79 Å². The minimum atomic E-state index is -0.106. The number of hydrogen-bond donors (Lipinski definition) is 1. The van der Waals surface area contributed by atoms with E-state index in [0.29, 0.717) is 12.0 Å². The maximum Gasteiger partial charge on any atom is 0.255 e. The Balaban J connectivity index is 1.20. The topological polar surface area (TPSA) is 74.2 Å². The number of amides is 1. The second kappa shape index (κ2) is 11.4. The molecular weight excluding hydrogens is 460 g/mol. The lowest BCUT2D eigenvalue weighted by Crippen LogP contribution is -2.43. The Morgan fingerprint density at radius 1 is 0.973 bits per heavy atom. The van der Waals surface area contributed by atoms with Crippen LogP contribution in [-0.4, -0.2) is 63.9 Å². The van der Waals surface area contributed by atoms with Gasteiger partial charge in [0, 0.05) is 74.5 Å². The van der Waals surface area contributed by atoms with Crippen molar-refractivity contribution in [1.29, 1.82) is 0 Å². The zero-order valence-electron chi connectivity index (χ0n) is 21.4.